The highest BCUT2D eigenvalue weighted by atomic mass is 19.1. The van der Waals surface area contributed by atoms with Crippen LogP contribution in [0.15, 0.2) is 12.1 Å². The quantitative estimate of drug-likeness (QED) is 0.896. The molecule has 0 aromatic heterocycles. The van der Waals surface area contributed by atoms with Crippen LogP contribution >= 0.6 is 0 Å². The van der Waals surface area contributed by atoms with Crippen LogP contribution in [0.25, 0.3) is 0 Å². The van der Waals surface area contributed by atoms with Crippen LogP contribution in [0.3, 0.4) is 0 Å². The van der Waals surface area contributed by atoms with Crippen molar-refractivity contribution in [3.8, 4) is 0 Å². The van der Waals surface area contributed by atoms with Crippen molar-refractivity contribution in [2.24, 2.45) is 5.92 Å². The Hall–Kier alpha value is -1.00. The van der Waals surface area contributed by atoms with Crippen LogP contribution in [0.5, 0.6) is 0 Å². The zero-order valence-corrected chi connectivity index (χ0v) is 11.0. The molecule has 0 amide bonds. The molecule has 1 aromatic carbocycles. The van der Waals surface area contributed by atoms with Crippen molar-refractivity contribution < 1.29 is 13.5 Å². The lowest BCUT2D eigenvalue weighted by molar-refractivity contribution is 0.117. The van der Waals surface area contributed by atoms with Crippen LogP contribution in [0.4, 0.5) is 8.78 Å². The fourth-order valence-electron chi connectivity index (χ4n) is 2.63. The Bertz CT molecular complexity index is 436. The Kier molecular flexibility index (Phi) is 3.97. The van der Waals surface area contributed by atoms with Gasteiger partial charge in [-0.3, -0.25) is 0 Å². The minimum Gasteiger partial charge on any atom is -0.378 e. The van der Waals surface area contributed by atoms with E-state index in [4.69, 9.17) is 4.74 Å². The highest BCUT2D eigenvalue weighted by molar-refractivity contribution is 5.28. The summed E-state index contributed by atoms with van der Waals surface area (Å²) >= 11 is 0. The van der Waals surface area contributed by atoms with E-state index in [2.05, 4.69) is 5.32 Å². The predicted molar refractivity (Wildman–Crippen MR) is 66.4 cm³/mol. The van der Waals surface area contributed by atoms with Crippen LogP contribution in [-0.4, -0.2) is 19.8 Å². The normalized spacial score (nSPS) is 25.4. The molecular weight excluding hydrogens is 236 g/mol. The summed E-state index contributed by atoms with van der Waals surface area (Å²) in [6.45, 7) is 4.15. The third-order valence-corrected chi connectivity index (χ3v) is 3.62. The van der Waals surface area contributed by atoms with Gasteiger partial charge in [-0.05, 0) is 45.0 Å². The van der Waals surface area contributed by atoms with Crippen molar-refractivity contribution in [1.29, 1.82) is 0 Å². The molecule has 100 valence electrons. The SMILES string of the molecule is CNC(c1cc(F)c(C)cc1F)C1COC(C)C1. The molecule has 2 rings (SSSR count). The van der Waals surface area contributed by atoms with Crippen molar-refractivity contribution in [3.05, 3.63) is 34.9 Å². The smallest absolute Gasteiger partial charge is 0.128 e. The first kappa shape index (κ1) is 13.4. The number of benzene rings is 1. The predicted octanol–water partition coefficient (Wildman–Crippen LogP) is 2.96. The zero-order chi connectivity index (χ0) is 13.3. The van der Waals surface area contributed by atoms with Gasteiger partial charge in [0.15, 0.2) is 0 Å². The lowest BCUT2D eigenvalue weighted by Gasteiger charge is -2.23. The summed E-state index contributed by atoms with van der Waals surface area (Å²) in [7, 11) is 1.77. The maximum atomic E-state index is 14.0. The third-order valence-electron chi connectivity index (χ3n) is 3.62. The Morgan fingerprint density at radius 1 is 1.33 bits per heavy atom. The molecule has 0 aliphatic carbocycles. The zero-order valence-electron chi connectivity index (χ0n) is 11.0. The number of aryl methyl sites for hydroxylation is 1. The average molecular weight is 255 g/mol. The summed E-state index contributed by atoms with van der Waals surface area (Å²) in [5.74, 6) is -0.534. The molecule has 1 fully saturated rings. The van der Waals surface area contributed by atoms with E-state index in [0.717, 1.165) is 6.42 Å². The van der Waals surface area contributed by atoms with Crippen molar-refractivity contribution in [2.45, 2.75) is 32.4 Å². The number of nitrogens with one attached hydrogen (secondary N) is 1. The van der Waals surface area contributed by atoms with Gasteiger partial charge in [-0.25, -0.2) is 8.78 Å². The van der Waals surface area contributed by atoms with Gasteiger partial charge in [0.05, 0.1) is 12.7 Å². The first-order valence-electron chi connectivity index (χ1n) is 6.27. The van der Waals surface area contributed by atoms with Gasteiger partial charge in [-0.15, -0.1) is 0 Å². The Labute approximate surface area is 106 Å². The molecule has 18 heavy (non-hydrogen) atoms. The summed E-state index contributed by atoms with van der Waals surface area (Å²) < 4.78 is 33.1. The topological polar surface area (TPSA) is 21.3 Å². The highest BCUT2D eigenvalue weighted by Crippen LogP contribution is 2.33. The molecule has 0 spiro atoms. The summed E-state index contributed by atoms with van der Waals surface area (Å²) in [5, 5.41) is 3.08. The van der Waals surface area contributed by atoms with E-state index in [9.17, 15) is 8.78 Å². The van der Waals surface area contributed by atoms with E-state index >= 15 is 0 Å². The van der Waals surface area contributed by atoms with Crippen molar-refractivity contribution in [3.63, 3.8) is 0 Å². The minimum absolute atomic E-state index is 0.182. The van der Waals surface area contributed by atoms with Crippen LogP contribution in [-0.2, 0) is 4.74 Å². The van der Waals surface area contributed by atoms with Gasteiger partial charge in [0, 0.05) is 17.5 Å². The van der Waals surface area contributed by atoms with Crippen LogP contribution in [0, 0.1) is 24.5 Å². The molecule has 1 aromatic rings. The molecule has 3 unspecified atom stereocenters. The molecule has 0 radical (unpaired) electrons. The van der Waals surface area contributed by atoms with Crippen LogP contribution in [0.2, 0.25) is 0 Å². The van der Waals surface area contributed by atoms with Crippen molar-refractivity contribution in [2.75, 3.05) is 13.7 Å². The molecule has 1 N–H and O–H groups in total. The van der Waals surface area contributed by atoms with Gasteiger partial charge in [0.1, 0.15) is 11.6 Å². The minimum atomic E-state index is -0.362. The largest absolute Gasteiger partial charge is 0.378 e. The average Bonchev–Trinajstić information content (AvgIpc) is 2.73. The Morgan fingerprint density at radius 3 is 2.61 bits per heavy atom. The van der Waals surface area contributed by atoms with Gasteiger partial charge >= 0.3 is 0 Å². The number of ether oxygens (including phenoxy) is 1. The van der Waals surface area contributed by atoms with Gasteiger partial charge in [0.25, 0.3) is 0 Å². The van der Waals surface area contributed by atoms with E-state index in [1.54, 1.807) is 14.0 Å². The molecule has 1 saturated heterocycles. The van der Waals surface area contributed by atoms with Crippen LogP contribution in [0.1, 0.15) is 30.5 Å². The Balaban J connectivity index is 2.30. The Morgan fingerprint density at radius 2 is 2.06 bits per heavy atom. The summed E-state index contributed by atoms with van der Waals surface area (Å²) in [4.78, 5) is 0. The maximum absolute atomic E-state index is 14.0. The second-order valence-corrected chi connectivity index (χ2v) is 5.03. The number of halogens is 2. The lowest BCUT2D eigenvalue weighted by atomic mass is 9.90. The van der Waals surface area contributed by atoms with E-state index in [1.165, 1.54) is 12.1 Å². The van der Waals surface area contributed by atoms with Gasteiger partial charge in [-0.1, -0.05) is 0 Å². The number of hydrogen-bond acceptors (Lipinski definition) is 2. The molecule has 1 aliphatic rings. The molecule has 1 aliphatic heterocycles. The second-order valence-electron chi connectivity index (χ2n) is 5.03. The molecule has 3 atom stereocenters. The fourth-order valence-corrected chi connectivity index (χ4v) is 2.63. The molecule has 1 heterocycles. The van der Waals surface area contributed by atoms with Crippen molar-refractivity contribution in [1.82, 2.24) is 5.32 Å². The first-order chi connectivity index (χ1) is 8.52. The number of hydrogen-bond donors (Lipinski definition) is 1. The number of rotatable bonds is 3. The van der Waals surface area contributed by atoms with E-state index in [0.29, 0.717) is 17.7 Å². The first-order valence-corrected chi connectivity index (χ1v) is 6.27. The standard InChI is InChI=1S/C14H19F2NO/c1-8-4-13(16)11(6-12(8)15)14(17-3)10-5-9(2)18-7-10/h4,6,9-10,14,17H,5,7H2,1-3H3. The molecular formula is C14H19F2NO. The summed E-state index contributed by atoms with van der Waals surface area (Å²) in [5.41, 5.74) is 0.727. The van der Waals surface area contributed by atoms with Gasteiger partial charge in [-0.2, -0.15) is 0 Å². The third kappa shape index (κ3) is 2.54. The maximum Gasteiger partial charge on any atom is 0.128 e. The van der Waals surface area contributed by atoms with Crippen LogP contribution < -0.4 is 5.32 Å². The molecule has 0 saturated carbocycles. The van der Waals surface area contributed by atoms with Gasteiger partial charge < -0.3 is 10.1 Å². The van der Waals surface area contributed by atoms with E-state index in [1.807, 2.05) is 6.92 Å². The van der Waals surface area contributed by atoms with Crippen molar-refractivity contribution >= 4 is 0 Å². The van der Waals surface area contributed by atoms with E-state index < -0.39 is 0 Å². The van der Waals surface area contributed by atoms with E-state index in [-0.39, 0.29) is 29.7 Å². The molecule has 2 nitrogen and oxygen atoms in total. The summed E-state index contributed by atoms with van der Waals surface area (Å²) in [6, 6.07) is 2.35. The summed E-state index contributed by atoms with van der Waals surface area (Å²) in [6.07, 6.45) is 1.05. The highest BCUT2D eigenvalue weighted by Gasteiger charge is 2.31. The van der Waals surface area contributed by atoms with Gasteiger partial charge in [0.2, 0.25) is 0 Å². The molecule has 0 bridgehead atoms. The monoisotopic (exact) mass is 255 g/mol. The fraction of sp³-hybridized carbons (Fsp3) is 0.571. The second kappa shape index (κ2) is 5.33. The lowest BCUT2D eigenvalue weighted by Crippen LogP contribution is -2.27. The molecule has 4 heteroatoms.